The molecule has 0 heterocycles. The number of ether oxygens (including phenoxy) is 1. The highest BCUT2D eigenvalue weighted by molar-refractivity contribution is 5.73. The van der Waals surface area contributed by atoms with Gasteiger partial charge in [0.1, 0.15) is 5.75 Å². The van der Waals surface area contributed by atoms with Crippen LogP contribution in [-0.2, 0) is 6.54 Å². The molecule has 1 N–H and O–H groups in total. The number of nitrogens with one attached hydrogen (secondary N) is 1. The molecule has 2 aromatic rings. The summed E-state index contributed by atoms with van der Waals surface area (Å²) in [5.41, 5.74) is 1.09. The molecule has 4 nitrogen and oxygen atoms in total. The Labute approximate surface area is 131 Å². The van der Waals surface area contributed by atoms with Crippen LogP contribution in [0.4, 0.5) is 4.79 Å². The highest BCUT2D eigenvalue weighted by Crippen LogP contribution is 2.08. The Balaban J connectivity index is 1.62. The van der Waals surface area contributed by atoms with Crippen molar-refractivity contribution in [1.29, 1.82) is 0 Å². The molecule has 0 saturated carbocycles. The third-order valence-corrected chi connectivity index (χ3v) is 3.28. The smallest absolute Gasteiger partial charge is 0.317 e. The van der Waals surface area contributed by atoms with Crippen LogP contribution in [0.3, 0.4) is 0 Å². The van der Waals surface area contributed by atoms with Gasteiger partial charge in [-0.2, -0.15) is 0 Å². The van der Waals surface area contributed by atoms with Crippen LogP contribution in [-0.4, -0.2) is 31.1 Å². The third kappa shape index (κ3) is 5.48. The standard InChI is InChI=1S/C18H22N2O2/c1-20(13-8-14-22-17-11-6-3-7-12-17)18(21)19-15-16-9-4-2-5-10-16/h2-7,9-12H,8,13-15H2,1H3,(H,19,21). The van der Waals surface area contributed by atoms with Crippen molar-refractivity contribution in [2.45, 2.75) is 13.0 Å². The molecule has 0 aromatic heterocycles. The van der Waals surface area contributed by atoms with Crippen molar-refractivity contribution >= 4 is 6.03 Å². The van der Waals surface area contributed by atoms with Crippen LogP contribution in [0.5, 0.6) is 5.75 Å². The molecule has 2 rings (SSSR count). The second kappa shape index (κ2) is 8.72. The van der Waals surface area contributed by atoms with Gasteiger partial charge >= 0.3 is 6.03 Å². The van der Waals surface area contributed by atoms with Crippen molar-refractivity contribution in [3.8, 4) is 5.75 Å². The van der Waals surface area contributed by atoms with Gasteiger partial charge in [0, 0.05) is 20.1 Å². The van der Waals surface area contributed by atoms with Crippen molar-refractivity contribution in [2.75, 3.05) is 20.2 Å². The Morgan fingerprint density at radius 3 is 2.36 bits per heavy atom. The first-order valence-electron chi connectivity index (χ1n) is 7.46. The second-order valence-corrected chi connectivity index (χ2v) is 5.08. The normalized spacial score (nSPS) is 10.0. The molecule has 0 aliphatic rings. The lowest BCUT2D eigenvalue weighted by molar-refractivity contribution is 0.203. The van der Waals surface area contributed by atoms with E-state index in [9.17, 15) is 4.79 Å². The fourth-order valence-electron chi connectivity index (χ4n) is 2.02. The maximum absolute atomic E-state index is 12.0. The van der Waals surface area contributed by atoms with E-state index in [1.807, 2.05) is 60.7 Å². The molecule has 2 aromatic carbocycles. The van der Waals surface area contributed by atoms with Crippen LogP contribution in [0.15, 0.2) is 60.7 Å². The third-order valence-electron chi connectivity index (χ3n) is 3.28. The maximum atomic E-state index is 12.0. The number of carbonyl (C=O) groups is 1. The van der Waals surface area contributed by atoms with Gasteiger partial charge in [0.05, 0.1) is 6.61 Å². The summed E-state index contributed by atoms with van der Waals surface area (Å²) in [6.45, 7) is 1.80. The highest BCUT2D eigenvalue weighted by atomic mass is 16.5. The van der Waals surface area contributed by atoms with E-state index in [4.69, 9.17) is 4.74 Å². The first-order chi connectivity index (χ1) is 10.8. The molecule has 0 saturated heterocycles. The molecular formula is C18H22N2O2. The number of amides is 2. The van der Waals surface area contributed by atoms with Crippen LogP contribution in [0.2, 0.25) is 0 Å². The van der Waals surface area contributed by atoms with Gasteiger partial charge in [-0.25, -0.2) is 4.79 Å². The summed E-state index contributed by atoms with van der Waals surface area (Å²) >= 11 is 0. The Bertz CT molecular complexity index is 558. The molecule has 0 aliphatic carbocycles. The summed E-state index contributed by atoms with van der Waals surface area (Å²) in [6.07, 6.45) is 0.796. The molecule has 4 heteroatoms. The van der Waals surface area contributed by atoms with E-state index in [1.54, 1.807) is 11.9 Å². The predicted octanol–water partition coefficient (Wildman–Crippen LogP) is 3.30. The summed E-state index contributed by atoms with van der Waals surface area (Å²) in [4.78, 5) is 13.6. The zero-order chi connectivity index (χ0) is 15.6. The van der Waals surface area contributed by atoms with E-state index in [2.05, 4.69) is 5.32 Å². The fourth-order valence-corrected chi connectivity index (χ4v) is 2.02. The molecule has 0 radical (unpaired) electrons. The summed E-state index contributed by atoms with van der Waals surface area (Å²) in [6, 6.07) is 19.5. The van der Waals surface area contributed by atoms with Gasteiger partial charge in [0.25, 0.3) is 0 Å². The van der Waals surface area contributed by atoms with Gasteiger partial charge in [0.15, 0.2) is 0 Å². The quantitative estimate of drug-likeness (QED) is 0.797. The average Bonchev–Trinajstić information content (AvgIpc) is 2.58. The number of nitrogens with zero attached hydrogens (tertiary/aromatic N) is 1. The van der Waals surface area contributed by atoms with Crippen molar-refractivity contribution in [2.24, 2.45) is 0 Å². The number of benzene rings is 2. The Hall–Kier alpha value is -2.49. The van der Waals surface area contributed by atoms with Crippen molar-refractivity contribution in [1.82, 2.24) is 10.2 Å². The minimum Gasteiger partial charge on any atom is -0.494 e. The maximum Gasteiger partial charge on any atom is 0.317 e. The monoisotopic (exact) mass is 298 g/mol. The minimum absolute atomic E-state index is 0.0661. The largest absolute Gasteiger partial charge is 0.494 e. The number of hydrogen-bond acceptors (Lipinski definition) is 2. The predicted molar refractivity (Wildman–Crippen MR) is 87.9 cm³/mol. The summed E-state index contributed by atoms with van der Waals surface area (Å²) in [7, 11) is 1.79. The number of para-hydroxylation sites is 1. The Morgan fingerprint density at radius 2 is 1.68 bits per heavy atom. The van der Waals surface area contributed by atoms with E-state index in [0.29, 0.717) is 19.7 Å². The van der Waals surface area contributed by atoms with Crippen molar-refractivity contribution in [3.05, 3.63) is 66.2 Å². The van der Waals surface area contributed by atoms with Gasteiger partial charge in [0.2, 0.25) is 0 Å². The lowest BCUT2D eigenvalue weighted by Gasteiger charge is -2.18. The fraction of sp³-hybridized carbons (Fsp3) is 0.278. The molecule has 0 atom stereocenters. The van der Waals surface area contributed by atoms with Gasteiger partial charge < -0.3 is 15.0 Å². The lowest BCUT2D eigenvalue weighted by atomic mass is 10.2. The van der Waals surface area contributed by atoms with Crippen LogP contribution >= 0.6 is 0 Å². The molecule has 0 bridgehead atoms. The van der Waals surface area contributed by atoms with E-state index in [1.165, 1.54) is 0 Å². The average molecular weight is 298 g/mol. The Morgan fingerprint density at radius 1 is 1.05 bits per heavy atom. The van der Waals surface area contributed by atoms with Gasteiger partial charge in [-0.3, -0.25) is 0 Å². The van der Waals surface area contributed by atoms with Crippen LogP contribution in [0, 0.1) is 0 Å². The number of carbonyl (C=O) groups excluding carboxylic acids is 1. The first-order valence-corrected chi connectivity index (χ1v) is 7.46. The van der Waals surface area contributed by atoms with Gasteiger partial charge in [-0.15, -0.1) is 0 Å². The van der Waals surface area contributed by atoms with E-state index in [-0.39, 0.29) is 6.03 Å². The first kappa shape index (κ1) is 15.9. The molecule has 116 valence electrons. The minimum atomic E-state index is -0.0661. The van der Waals surface area contributed by atoms with Crippen LogP contribution in [0.25, 0.3) is 0 Å². The van der Waals surface area contributed by atoms with E-state index in [0.717, 1.165) is 17.7 Å². The molecular weight excluding hydrogens is 276 g/mol. The molecule has 0 spiro atoms. The molecule has 0 fully saturated rings. The van der Waals surface area contributed by atoms with Crippen LogP contribution < -0.4 is 10.1 Å². The Kier molecular flexibility index (Phi) is 6.30. The van der Waals surface area contributed by atoms with Crippen molar-refractivity contribution in [3.63, 3.8) is 0 Å². The number of rotatable bonds is 7. The number of hydrogen-bond donors (Lipinski definition) is 1. The summed E-state index contributed by atoms with van der Waals surface area (Å²) < 4.78 is 5.61. The van der Waals surface area contributed by atoms with Crippen LogP contribution in [0.1, 0.15) is 12.0 Å². The highest BCUT2D eigenvalue weighted by Gasteiger charge is 2.07. The number of urea groups is 1. The van der Waals surface area contributed by atoms with E-state index >= 15 is 0 Å². The zero-order valence-corrected chi connectivity index (χ0v) is 12.9. The second-order valence-electron chi connectivity index (χ2n) is 5.08. The van der Waals surface area contributed by atoms with E-state index < -0.39 is 0 Å². The molecule has 0 unspecified atom stereocenters. The SMILES string of the molecule is CN(CCCOc1ccccc1)C(=O)NCc1ccccc1. The summed E-state index contributed by atoms with van der Waals surface area (Å²) in [5, 5.41) is 2.90. The van der Waals surface area contributed by atoms with Gasteiger partial charge in [-0.05, 0) is 24.1 Å². The topological polar surface area (TPSA) is 41.6 Å². The molecule has 2 amide bonds. The molecule has 0 aliphatic heterocycles. The zero-order valence-electron chi connectivity index (χ0n) is 12.9. The molecule has 22 heavy (non-hydrogen) atoms. The van der Waals surface area contributed by atoms with Crippen molar-refractivity contribution < 1.29 is 9.53 Å². The lowest BCUT2D eigenvalue weighted by Crippen LogP contribution is -2.37. The van der Waals surface area contributed by atoms with Gasteiger partial charge in [-0.1, -0.05) is 48.5 Å². The summed E-state index contributed by atoms with van der Waals surface area (Å²) in [5.74, 6) is 0.860.